The number of rotatable bonds is 2. The summed E-state index contributed by atoms with van der Waals surface area (Å²) in [5, 5.41) is 12.2. The van der Waals surface area contributed by atoms with Gasteiger partial charge in [-0.05, 0) is 31.2 Å². The van der Waals surface area contributed by atoms with Crippen LogP contribution in [0.1, 0.15) is 12.0 Å². The van der Waals surface area contributed by atoms with Crippen molar-refractivity contribution in [2.45, 2.75) is 11.3 Å². The van der Waals surface area contributed by atoms with Crippen LogP contribution in [0, 0.1) is 11.3 Å². The van der Waals surface area contributed by atoms with E-state index in [4.69, 9.17) is 16.9 Å². The molecular formula is C12H14ClN3O2S. The molecule has 19 heavy (non-hydrogen) atoms. The van der Waals surface area contributed by atoms with Crippen LogP contribution in [0.2, 0.25) is 5.02 Å². The highest BCUT2D eigenvalue weighted by Gasteiger charge is 2.27. The fourth-order valence-electron chi connectivity index (χ4n) is 1.97. The number of sulfonamides is 1. The molecule has 1 aromatic carbocycles. The molecule has 0 aromatic heterocycles. The zero-order valence-corrected chi connectivity index (χ0v) is 11.8. The summed E-state index contributed by atoms with van der Waals surface area (Å²) < 4.78 is 26.5. The molecule has 0 spiro atoms. The molecule has 0 aliphatic carbocycles. The van der Waals surface area contributed by atoms with Crippen LogP contribution in [0.3, 0.4) is 0 Å². The highest BCUT2D eigenvalue weighted by Crippen LogP contribution is 2.26. The maximum atomic E-state index is 12.5. The topological polar surface area (TPSA) is 73.2 Å². The predicted molar refractivity (Wildman–Crippen MR) is 72.4 cm³/mol. The molecule has 1 heterocycles. The van der Waals surface area contributed by atoms with Crippen LogP contribution in [0.25, 0.3) is 0 Å². The molecule has 0 bridgehead atoms. The first kappa shape index (κ1) is 14.3. The summed E-state index contributed by atoms with van der Waals surface area (Å²) in [4.78, 5) is 0.00937. The molecule has 0 amide bonds. The summed E-state index contributed by atoms with van der Waals surface area (Å²) in [7, 11) is -3.64. The first-order chi connectivity index (χ1) is 9.05. The van der Waals surface area contributed by atoms with Gasteiger partial charge in [-0.1, -0.05) is 11.6 Å². The standard InChI is InChI=1S/C12H14ClN3O2S/c13-11-3-2-10(9-14)8-12(11)19(17,18)16-6-1-4-15-5-7-16/h2-3,8,15H,1,4-7H2. The Balaban J connectivity index is 2.41. The molecular weight excluding hydrogens is 286 g/mol. The van der Waals surface area contributed by atoms with Crippen molar-refractivity contribution >= 4 is 21.6 Å². The van der Waals surface area contributed by atoms with E-state index in [0.29, 0.717) is 19.6 Å². The lowest BCUT2D eigenvalue weighted by molar-refractivity contribution is 0.432. The lowest BCUT2D eigenvalue weighted by atomic mass is 10.2. The van der Waals surface area contributed by atoms with Crippen LogP contribution in [-0.2, 0) is 10.0 Å². The molecule has 1 saturated heterocycles. The van der Waals surface area contributed by atoms with Gasteiger partial charge in [-0.15, -0.1) is 0 Å². The number of hydrogen-bond donors (Lipinski definition) is 1. The molecule has 0 atom stereocenters. The number of nitriles is 1. The molecule has 102 valence electrons. The van der Waals surface area contributed by atoms with Crippen LogP contribution in [0.5, 0.6) is 0 Å². The summed E-state index contributed by atoms with van der Waals surface area (Å²) in [5.41, 5.74) is 0.288. The molecule has 1 fully saturated rings. The lowest BCUT2D eigenvalue weighted by Crippen LogP contribution is -2.34. The number of halogens is 1. The van der Waals surface area contributed by atoms with E-state index >= 15 is 0 Å². The quantitative estimate of drug-likeness (QED) is 0.890. The highest BCUT2D eigenvalue weighted by molar-refractivity contribution is 7.89. The third-order valence-corrected chi connectivity index (χ3v) is 5.36. The molecule has 0 saturated carbocycles. The molecule has 5 nitrogen and oxygen atoms in total. The van der Waals surface area contributed by atoms with Crippen LogP contribution in [0.15, 0.2) is 23.1 Å². The molecule has 0 radical (unpaired) electrons. The van der Waals surface area contributed by atoms with E-state index in [1.165, 1.54) is 22.5 Å². The molecule has 1 aromatic rings. The monoisotopic (exact) mass is 299 g/mol. The zero-order chi connectivity index (χ0) is 13.9. The second-order valence-electron chi connectivity index (χ2n) is 4.26. The first-order valence-corrected chi connectivity index (χ1v) is 7.78. The minimum Gasteiger partial charge on any atom is -0.315 e. The summed E-state index contributed by atoms with van der Waals surface area (Å²) in [6, 6.07) is 6.21. The van der Waals surface area contributed by atoms with Gasteiger partial charge >= 0.3 is 0 Å². The van der Waals surface area contributed by atoms with Gasteiger partial charge in [-0.2, -0.15) is 9.57 Å². The van der Waals surface area contributed by atoms with Gasteiger partial charge in [0.05, 0.1) is 16.7 Å². The Hall–Kier alpha value is -1.13. The second-order valence-corrected chi connectivity index (χ2v) is 6.58. The van der Waals surface area contributed by atoms with E-state index in [0.717, 1.165) is 13.0 Å². The van der Waals surface area contributed by atoms with Gasteiger partial charge in [0.15, 0.2) is 0 Å². The van der Waals surface area contributed by atoms with Crippen molar-refractivity contribution in [3.05, 3.63) is 28.8 Å². The number of nitrogens with zero attached hydrogens (tertiary/aromatic N) is 2. The maximum absolute atomic E-state index is 12.5. The Morgan fingerprint density at radius 3 is 2.84 bits per heavy atom. The normalized spacial score (nSPS) is 17.7. The minimum absolute atomic E-state index is 0.00937. The van der Waals surface area contributed by atoms with Crippen molar-refractivity contribution in [3.63, 3.8) is 0 Å². The molecule has 1 N–H and O–H groups in total. The van der Waals surface area contributed by atoms with Gasteiger partial charge in [0.1, 0.15) is 4.90 Å². The Morgan fingerprint density at radius 1 is 1.32 bits per heavy atom. The van der Waals surface area contributed by atoms with Crippen LogP contribution in [0.4, 0.5) is 0 Å². The van der Waals surface area contributed by atoms with Gasteiger partial charge in [0.25, 0.3) is 0 Å². The third-order valence-electron chi connectivity index (χ3n) is 2.98. The summed E-state index contributed by atoms with van der Waals surface area (Å²) in [6.07, 6.45) is 0.759. The molecule has 1 aliphatic rings. The van der Waals surface area contributed by atoms with Crippen LogP contribution >= 0.6 is 11.6 Å². The van der Waals surface area contributed by atoms with Crippen molar-refractivity contribution in [1.82, 2.24) is 9.62 Å². The van der Waals surface area contributed by atoms with Crippen LogP contribution < -0.4 is 5.32 Å². The Morgan fingerprint density at radius 2 is 2.11 bits per heavy atom. The van der Waals surface area contributed by atoms with E-state index in [1.54, 1.807) is 0 Å². The van der Waals surface area contributed by atoms with Gasteiger partial charge in [0.2, 0.25) is 10.0 Å². The van der Waals surface area contributed by atoms with E-state index < -0.39 is 10.0 Å². The van der Waals surface area contributed by atoms with Gasteiger partial charge in [-0.25, -0.2) is 8.42 Å². The first-order valence-electron chi connectivity index (χ1n) is 5.96. The number of nitrogens with one attached hydrogen (secondary N) is 1. The van der Waals surface area contributed by atoms with Gasteiger partial charge in [-0.3, -0.25) is 0 Å². The summed E-state index contributed by atoms with van der Waals surface area (Å²) in [5.74, 6) is 0. The van der Waals surface area contributed by atoms with Crippen molar-refractivity contribution in [2.24, 2.45) is 0 Å². The molecule has 1 aliphatic heterocycles. The minimum atomic E-state index is -3.64. The second kappa shape index (κ2) is 5.88. The number of hydrogen-bond acceptors (Lipinski definition) is 4. The lowest BCUT2D eigenvalue weighted by Gasteiger charge is -2.20. The van der Waals surface area contributed by atoms with E-state index in [2.05, 4.69) is 5.32 Å². The van der Waals surface area contributed by atoms with Gasteiger partial charge < -0.3 is 5.32 Å². The van der Waals surface area contributed by atoms with Crippen molar-refractivity contribution in [1.29, 1.82) is 5.26 Å². The summed E-state index contributed by atoms with van der Waals surface area (Å²) in [6.45, 7) is 2.30. The smallest absolute Gasteiger partial charge is 0.244 e. The van der Waals surface area contributed by atoms with Crippen molar-refractivity contribution in [2.75, 3.05) is 26.2 Å². The molecule has 0 unspecified atom stereocenters. The molecule has 7 heteroatoms. The van der Waals surface area contributed by atoms with E-state index in [9.17, 15) is 8.42 Å². The fraction of sp³-hybridized carbons (Fsp3) is 0.417. The van der Waals surface area contributed by atoms with E-state index in [1.807, 2.05) is 6.07 Å². The highest BCUT2D eigenvalue weighted by atomic mass is 35.5. The van der Waals surface area contributed by atoms with Gasteiger partial charge in [0, 0.05) is 19.6 Å². The third kappa shape index (κ3) is 3.07. The SMILES string of the molecule is N#Cc1ccc(Cl)c(S(=O)(=O)N2CCCNCC2)c1. The Kier molecular flexibility index (Phi) is 4.42. The average Bonchev–Trinajstić information content (AvgIpc) is 2.68. The van der Waals surface area contributed by atoms with Crippen molar-refractivity contribution in [3.8, 4) is 6.07 Å². The fourth-order valence-corrected chi connectivity index (χ4v) is 3.95. The molecule has 2 rings (SSSR count). The van der Waals surface area contributed by atoms with Crippen molar-refractivity contribution < 1.29 is 8.42 Å². The Labute approximate surface area is 117 Å². The summed E-state index contributed by atoms with van der Waals surface area (Å²) >= 11 is 5.97. The van der Waals surface area contributed by atoms with E-state index in [-0.39, 0.29) is 15.5 Å². The number of benzene rings is 1. The largest absolute Gasteiger partial charge is 0.315 e. The Bertz CT molecular complexity index is 602. The zero-order valence-electron chi connectivity index (χ0n) is 10.3. The van der Waals surface area contributed by atoms with Crippen LogP contribution in [-0.4, -0.2) is 38.9 Å². The maximum Gasteiger partial charge on any atom is 0.244 e. The average molecular weight is 300 g/mol. The predicted octanol–water partition coefficient (Wildman–Crippen LogP) is 1.20.